The molecule has 0 spiro atoms. The van der Waals surface area contributed by atoms with Crippen molar-refractivity contribution >= 4 is 17.4 Å². The molecular weight excluding hydrogens is 275 g/mol. The molecule has 0 bridgehead atoms. The smallest absolute Gasteiger partial charge is 0.378 e. The number of aromatic nitrogens is 2. The number of nitrogens with zero attached hydrogens (tertiary/aromatic N) is 2. The van der Waals surface area contributed by atoms with E-state index >= 15 is 0 Å². The summed E-state index contributed by atoms with van der Waals surface area (Å²) in [5.74, 6) is 0. The largest absolute Gasteiger partial charge is 0.446 e. The van der Waals surface area contributed by atoms with Gasteiger partial charge in [0.2, 0.25) is 0 Å². The maximum atomic E-state index is 12.1. The van der Waals surface area contributed by atoms with Crippen LogP contribution in [0.3, 0.4) is 0 Å². The number of anilines is 1. The van der Waals surface area contributed by atoms with Crippen molar-refractivity contribution in [2.24, 2.45) is 0 Å². The Morgan fingerprint density at radius 3 is 2.26 bits per heavy atom. The maximum Gasteiger partial charge on any atom is 0.446 e. The van der Waals surface area contributed by atoms with Gasteiger partial charge < -0.3 is 5.32 Å². The SMILES string of the molecule is FC(F)(F)Sc1ccc(CNc2cncnc2)cc1. The van der Waals surface area contributed by atoms with E-state index in [4.69, 9.17) is 0 Å². The van der Waals surface area contributed by atoms with Gasteiger partial charge in [-0.3, -0.25) is 0 Å². The van der Waals surface area contributed by atoms with E-state index < -0.39 is 5.51 Å². The molecule has 0 aliphatic rings. The lowest BCUT2D eigenvalue weighted by Crippen LogP contribution is -2.01. The van der Waals surface area contributed by atoms with Gasteiger partial charge in [-0.2, -0.15) is 13.2 Å². The molecule has 0 amide bonds. The van der Waals surface area contributed by atoms with Crippen molar-refractivity contribution in [2.45, 2.75) is 16.9 Å². The van der Waals surface area contributed by atoms with Crippen LogP contribution in [-0.4, -0.2) is 15.5 Å². The number of hydrogen-bond acceptors (Lipinski definition) is 4. The fourth-order valence-electron chi connectivity index (χ4n) is 1.40. The summed E-state index contributed by atoms with van der Waals surface area (Å²) in [4.78, 5) is 7.88. The van der Waals surface area contributed by atoms with Gasteiger partial charge in [-0.25, -0.2) is 9.97 Å². The van der Waals surface area contributed by atoms with Crippen molar-refractivity contribution in [3.8, 4) is 0 Å². The Balaban J connectivity index is 1.92. The van der Waals surface area contributed by atoms with Crippen LogP contribution in [0.1, 0.15) is 5.56 Å². The highest BCUT2D eigenvalue weighted by atomic mass is 32.2. The van der Waals surface area contributed by atoms with E-state index in [1.54, 1.807) is 24.5 Å². The molecule has 19 heavy (non-hydrogen) atoms. The zero-order valence-corrected chi connectivity index (χ0v) is 10.5. The molecule has 0 atom stereocenters. The molecule has 1 aromatic heterocycles. The molecule has 1 aromatic carbocycles. The van der Waals surface area contributed by atoms with Crippen LogP contribution in [0.15, 0.2) is 47.9 Å². The average Bonchev–Trinajstić information content (AvgIpc) is 2.37. The van der Waals surface area contributed by atoms with Crippen molar-refractivity contribution in [1.82, 2.24) is 9.97 Å². The molecule has 2 rings (SSSR count). The molecule has 0 aliphatic carbocycles. The van der Waals surface area contributed by atoms with E-state index in [2.05, 4.69) is 15.3 Å². The van der Waals surface area contributed by atoms with Crippen molar-refractivity contribution in [3.05, 3.63) is 48.5 Å². The molecule has 0 radical (unpaired) electrons. The topological polar surface area (TPSA) is 37.8 Å². The number of alkyl halides is 3. The van der Waals surface area contributed by atoms with Crippen molar-refractivity contribution in [1.29, 1.82) is 0 Å². The van der Waals surface area contributed by atoms with Gasteiger partial charge >= 0.3 is 5.51 Å². The number of benzene rings is 1. The molecule has 100 valence electrons. The second kappa shape index (κ2) is 5.92. The quantitative estimate of drug-likeness (QED) is 0.869. The molecular formula is C12H10F3N3S. The Bertz CT molecular complexity index is 514. The first kappa shape index (κ1) is 13.7. The van der Waals surface area contributed by atoms with Gasteiger partial charge in [0, 0.05) is 11.4 Å². The third kappa shape index (κ3) is 4.78. The summed E-state index contributed by atoms with van der Waals surface area (Å²) in [6, 6.07) is 6.23. The minimum absolute atomic E-state index is 0.116. The highest BCUT2D eigenvalue weighted by molar-refractivity contribution is 8.00. The van der Waals surface area contributed by atoms with E-state index in [-0.39, 0.29) is 16.7 Å². The minimum Gasteiger partial charge on any atom is -0.378 e. The van der Waals surface area contributed by atoms with Gasteiger partial charge in [0.1, 0.15) is 6.33 Å². The molecule has 0 unspecified atom stereocenters. The zero-order chi connectivity index (χ0) is 13.7. The fourth-order valence-corrected chi connectivity index (χ4v) is 1.94. The molecule has 3 nitrogen and oxygen atoms in total. The van der Waals surface area contributed by atoms with Crippen LogP contribution < -0.4 is 5.32 Å². The summed E-state index contributed by atoms with van der Waals surface area (Å²) < 4.78 is 36.4. The van der Waals surface area contributed by atoms with E-state index in [9.17, 15) is 13.2 Å². The van der Waals surface area contributed by atoms with Crippen molar-refractivity contribution in [3.63, 3.8) is 0 Å². The van der Waals surface area contributed by atoms with Crippen LogP contribution in [0.25, 0.3) is 0 Å². The summed E-state index contributed by atoms with van der Waals surface area (Å²) in [6.45, 7) is 0.504. The number of rotatable bonds is 4. The highest BCUT2D eigenvalue weighted by Gasteiger charge is 2.28. The number of thioether (sulfide) groups is 1. The Kier molecular flexibility index (Phi) is 4.26. The van der Waals surface area contributed by atoms with Crippen LogP contribution >= 0.6 is 11.8 Å². The van der Waals surface area contributed by atoms with Gasteiger partial charge in [0.15, 0.2) is 0 Å². The Morgan fingerprint density at radius 2 is 1.68 bits per heavy atom. The van der Waals surface area contributed by atoms with E-state index in [0.29, 0.717) is 6.54 Å². The zero-order valence-electron chi connectivity index (χ0n) is 9.69. The standard InChI is InChI=1S/C12H10F3N3S/c13-12(14,15)19-11-3-1-9(2-4-11)5-18-10-6-16-8-17-7-10/h1-4,6-8,18H,5H2. The molecule has 0 aliphatic heterocycles. The first-order valence-electron chi connectivity index (χ1n) is 5.36. The van der Waals surface area contributed by atoms with Gasteiger partial charge in [0.05, 0.1) is 18.1 Å². The van der Waals surface area contributed by atoms with Crippen molar-refractivity contribution in [2.75, 3.05) is 5.32 Å². The number of nitrogens with one attached hydrogen (secondary N) is 1. The van der Waals surface area contributed by atoms with Gasteiger partial charge in [-0.15, -0.1) is 0 Å². The summed E-state index contributed by atoms with van der Waals surface area (Å²) in [7, 11) is 0. The van der Waals surface area contributed by atoms with E-state index in [1.165, 1.54) is 18.5 Å². The first-order chi connectivity index (χ1) is 9.03. The Hall–Kier alpha value is -1.76. The second-order valence-corrected chi connectivity index (χ2v) is 4.81. The summed E-state index contributed by atoms with van der Waals surface area (Å²) in [5.41, 5.74) is -2.60. The Morgan fingerprint density at radius 1 is 1.05 bits per heavy atom. The van der Waals surface area contributed by atoms with E-state index in [1.807, 2.05) is 0 Å². The van der Waals surface area contributed by atoms with Crippen LogP contribution in [0.2, 0.25) is 0 Å². The molecule has 0 fully saturated rings. The maximum absolute atomic E-state index is 12.1. The molecule has 0 saturated carbocycles. The number of halogens is 3. The molecule has 2 aromatic rings. The lowest BCUT2D eigenvalue weighted by molar-refractivity contribution is -0.0328. The predicted octanol–water partition coefficient (Wildman–Crippen LogP) is 3.70. The van der Waals surface area contributed by atoms with Gasteiger partial charge in [-0.1, -0.05) is 12.1 Å². The lowest BCUT2D eigenvalue weighted by Gasteiger charge is -2.08. The van der Waals surface area contributed by atoms with Gasteiger partial charge in [0.25, 0.3) is 0 Å². The molecule has 7 heteroatoms. The third-order valence-electron chi connectivity index (χ3n) is 2.21. The molecule has 1 N–H and O–H groups in total. The average molecular weight is 285 g/mol. The first-order valence-corrected chi connectivity index (χ1v) is 6.18. The Labute approximate surface area is 112 Å². The van der Waals surface area contributed by atoms with Crippen LogP contribution in [-0.2, 0) is 6.54 Å². The highest BCUT2D eigenvalue weighted by Crippen LogP contribution is 2.36. The van der Waals surface area contributed by atoms with Crippen LogP contribution in [0.4, 0.5) is 18.9 Å². The van der Waals surface area contributed by atoms with Crippen LogP contribution in [0, 0.1) is 0 Å². The molecule has 1 heterocycles. The summed E-state index contributed by atoms with van der Waals surface area (Å²) in [6.07, 6.45) is 4.68. The van der Waals surface area contributed by atoms with Crippen LogP contribution in [0.5, 0.6) is 0 Å². The third-order valence-corrected chi connectivity index (χ3v) is 2.95. The lowest BCUT2D eigenvalue weighted by atomic mass is 10.2. The predicted molar refractivity (Wildman–Crippen MR) is 67.7 cm³/mol. The molecule has 0 saturated heterocycles. The monoisotopic (exact) mass is 285 g/mol. The normalized spacial score (nSPS) is 11.3. The second-order valence-electron chi connectivity index (χ2n) is 3.67. The summed E-state index contributed by atoms with van der Waals surface area (Å²) in [5, 5.41) is 3.07. The summed E-state index contributed by atoms with van der Waals surface area (Å²) >= 11 is -0.116. The van der Waals surface area contributed by atoms with E-state index in [0.717, 1.165) is 11.3 Å². The van der Waals surface area contributed by atoms with Crippen molar-refractivity contribution < 1.29 is 13.2 Å². The van der Waals surface area contributed by atoms with Gasteiger partial charge in [-0.05, 0) is 29.5 Å². The number of hydrogen-bond donors (Lipinski definition) is 1. The minimum atomic E-state index is -4.25. The fraction of sp³-hybridized carbons (Fsp3) is 0.167.